The van der Waals surface area contributed by atoms with E-state index in [4.69, 9.17) is 0 Å². The van der Waals surface area contributed by atoms with Gasteiger partial charge in [-0.2, -0.15) is 0 Å². The number of aromatic nitrogens is 1. The van der Waals surface area contributed by atoms with Crippen LogP contribution in [0.25, 0.3) is 0 Å². The van der Waals surface area contributed by atoms with Crippen molar-refractivity contribution in [3.05, 3.63) is 47.0 Å². The number of piperazine rings is 1. The van der Waals surface area contributed by atoms with E-state index in [1.165, 1.54) is 11.1 Å². The van der Waals surface area contributed by atoms with E-state index in [1.807, 2.05) is 11.6 Å². The number of nitrogens with zero attached hydrogens (tertiary/aromatic N) is 3. The van der Waals surface area contributed by atoms with Gasteiger partial charge in [-0.05, 0) is 23.0 Å². The maximum Gasteiger partial charge on any atom is 0.234 e. The van der Waals surface area contributed by atoms with Gasteiger partial charge in [0.25, 0.3) is 0 Å². The first-order valence-electron chi connectivity index (χ1n) is 10.2. The molecule has 3 rings (SSSR count). The average molecular weight is 401 g/mol. The molecule has 1 aliphatic rings. The van der Waals surface area contributed by atoms with Crippen LogP contribution in [-0.4, -0.2) is 48.5 Å². The highest BCUT2D eigenvalue weighted by molar-refractivity contribution is 7.13. The largest absolute Gasteiger partial charge is 0.348 e. The van der Waals surface area contributed by atoms with Crippen molar-refractivity contribution in [1.82, 2.24) is 15.2 Å². The molecule has 1 saturated heterocycles. The van der Waals surface area contributed by atoms with Crippen LogP contribution in [0, 0.1) is 5.92 Å². The third-order valence-electron chi connectivity index (χ3n) is 5.37. The van der Waals surface area contributed by atoms with Crippen LogP contribution in [0.5, 0.6) is 0 Å². The molecule has 0 aliphatic carbocycles. The summed E-state index contributed by atoms with van der Waals surface area (Å²) < 4.78 is 0. The Morgan fingerprint density at radius 3 is 2.25 bits per heavy atom. The summed E-state index contributed by atoms with van der Waals surface area (Å²) in [4.78, 5) is 21.6. The maximum atomic E-state index is 12.7. The Morgan fingerprint density at radius 2 is 1.71 bits per heavy atom. The Kier molecular flexibility index (Phi) is 7.08. The van der Waals surface area contributed by atoms with E-state index in [9.17, 15) is 4.79 Å². The van der Waals surface area contributed by atoms with Crippen LogP contribution in [-0.2, 0) is 4.79 Å². The first kappa shape index (κ1) is 20.8. The predicted molar refractivity (Wildman–Crippen MR) is 117 cm³/mol. The molecule has 5 nitrogen and oxygen atoms in total. The van der Waals surface area contributed by atoms with Crippen molar-refractivity contribution in [3.63, 3.8) is 0 Å². The second-order valence-corrected chi connectivity index (χ2v) is 9.06. The molecule has 6 heteroatoms. The molecule has 1 aliphatic heterocycles. The highest BCUT2D eigenvalue weighted by Gasteiger charge is 2.23. The molecule has 152 valence electrons. The molecule has 2 aromatic rings. The Morgan fingerprint density at radius 1 is 1.07 bits per heavy atom. The molecule has 0 spiro atoms. The van der Waals surface area contributed by atoms with Crippen LogP contribution in [0.2, 0.25) is 0 Å². The van der Waals surface area contributed by atoms with E-state index < -0.39 is 0 Å². The molecule has 1 N–H and O–H groups in total. The highest BCUT2D eigenvalue weighted by atomic mass is 32.1. The van der Waals surface area contributed by atoms with E-state index in [2.05, 4.69) is 72.1 Å². The van der Waals surface area contributed by atoms with Crippen molar-refractivity contribution in [1.29, 1.82) is 0 Å². The summed E-state index contributed by atoms with van der Waals surface area (Å²) in [6.07, 6.45) is 1.85. The Bertz CT molecular complexity index is 734. The average Bonchev–Trinajstić information content (AvgIpc) is 3.21. The van der Waals surface area contributed by atoms with Gasteiger partial charge in [0.1, 0.15) is 0 Å². The number of nitrogens with one attached hydrogen (secondary N) is 1. The first-order valence-corrected chi connectivity index (χ1v) is 11.1. The van der Waals surface area contributed by atoms with E-state index in [-0.39, 0.29) is 11.9 Å². The Hall–Kier alpha value is -1.92. The molecular weight excluding hydrogens is 368 g/mol. The van der Waals surface area contributed by atoms with Gasteiger partial charge in [0.2, 0.25) is 5.91 Å². The van der Waals surface area contributed by atoms with Gasteiger partial charge in [-0.15, -0.1) is 11.3 Å². The van der Waals surface area contributed by atoms with Crippen molar-refractivity contribution in [2.24, 2.45) is 5.92 Å². The van der Waals surface area contributed by atoms with Crippen LogP contribution >= 0.6 is 11.3 Å². The van der Waals surface area contributed by atoms with Gasteiger partial charge in [-0.3, -0.25) is 9.69 Å². The number of hydrogen-bond acceptors (Lipinski definition) is 5. The number of thiazole rings is 1. The van der Waals surface area contributed by atoms with Gasteiger partial charge in [0, 0.05) is 37.8 Å². The number of carbonyl (C=O) groups excluding carboxylic acids is 1. The van der Waals surface area contributed by atoms with Crippen molar-refractivity contribution < 1.29 is 4.79 Å². The van der Waals surface area contributed by atoms with Crippen molar-refractivity contribution in [3.8, 4) is 0 Å². The smallest absolute Gasteiger partial charge is 0.234 e. The number of amides is 1. The zero-order chi connectivity index (χ0) is 20.1. The fourth-order valence-corrected chi connectivity index (χ4v) is 4.31. The highest BCUT2D eigenvalue weighted by Crippen LogP contribution is 2.24. The van der Waals surface area contributed by atoms with Crippen LogP contribution in [0.4, 0.5) is 5.13 Å². The third kappa shape index (κ3) is 5.32. The summed E-state index contributed by atoms with van der Waals surface area (Å²) in [7, 11) is 0. The lowest BCUT2D eigenvalue weighted by atomic mass is 9.93. The van der Waals surface area contributed by atoms with Crippen molar-refractivity contribution in [2.75, 3.05) is 37.6 Å². The van der Waals surface area contributed by atoms with Crippen LogP contribution in [0.15, 0.2) is 35.8 Å². The molecule has 0 saturated carbocycles. The molecule has 1 aromatic carbocycles. The minimum atomic E-state index is 0.0466. The Labute approximate surface area is 172 Å². The minimum Gasteiger partial charge on any atom is -0.348 e. The number of carbonyl (C=O) groups is 1. The molecule has 0 bridgehead atoms. The second kappa shape index (κ2) is 9.52. The SMILES string of the molecule is CC(C)c1ccc([C@@H](NC(=O)CN2CCN(c3nccs3)CC2)C(C)C)cc1. The zero-order valence-electron chi connectivity index (χ0n) is 17.4. The lowest BCUT2D eigenvalue weighted by Crippen LogP contribution is -2.50. The van der Waals surface area contributed by atoms with Gasteiger partial charge in [0.15, 0.2) is 5.13 Å². The Balaban J connectivity index is 1.53. The van der Waals surface area contributed by atoms with Gasteiger partial charge in [-0.1, -0.05) is 52.0 Å². The number of benzene rings is 1. The topological polar surface area (TPSA) is 48.5 Å². The van der Waals surface area contributed by atoms with Crippen LogP contribution in [0.3, 0.4) is 0 Å². The minimum absolute atomic E-state index is 0.0466. The fraction of sp³-hybridized carbons (Fsp3) is 0.545. The quantitative estimate of drug-likeness (QED) is 0.766. The normalized spacial score (nSPS) is 16.6. The van der Waals surface area contributed by atoms with Gasteiger partial charge < -0.3 is 10.2 Å². The van der Waals surface area contributed by atoms with E-state index >= 15 is 0 Å². The van der Waals surface area contributed by atoms with E-state index in [1.54, 1.807) is 11.3 Å². The molecule has 1 atom stereocenters. The summed E-state index contributed by atoms with van der Waals surface area (Å²) in [5.41, 5.74) is 2.51. The molecule has 1 amide bonds. The molecular formula is C22H32N4OS. The van der Waals surface area contributed by atoms with Crippen LogP contribution in [0.1, 0.15) is 50.8 Å². The van der Waals surface area contributed by atoms with E-state index in [0.29, 0.717) is 18.4 Å². The standard InChI is InChI=1S/C22H32N4OS/c1-16(2)18-5-7-19(8-6-18)21(17(3)4)24-20(27)15-25-10-12-26(13-11-25)22-23-9-14-28-22/h5-9,14,16-17,21H,10-13,15H2,1-4H3,(H,24,27)/t21-/m0/s1. The lowest BCUT2D eigenvalue weighted by molar-refractivity contribution is -0.123. The van der Waals surface area contributed by atoms with Crippen LogP contribution < -0.4 is 10.2 Å². The first-order chi connectivity index (χ1) is 13.4. The fourth-order valence-electron chi connectivity index (χ4n) is 3.61. The van der Waals surface area contributed by atoms with Crippen molar-refractivity contribution in [2.45, 2.75) is 39.7 Å². The van der Waals surface area contributed by atoms with Gasteiger partial charge in [0.05, 0.1) is 12.6 Å². The summed E-state index contributed by atoms with van der Waals surface area (Å²) in [5, 5.41) is 6.35. The summed E-state index contributed by atoms with van der Waals surface area (Å²) in [6.45, 7) is 12.8. The number of hydrogen-bond donors (Lipinski definition) is 1. The molecule has 0 unspecified atom stereocenters. The monoisotopic (exact) mass is 400 g/mol. The van der Waals surface area contributed by atoms with Gasteiger partial charge >= 0.3 is 0 Å². The molecule has 2 heterocycles. The molecule has 0 radical (unpaired) electrons. The summed E-state index contributed by atoms with van der Waals surface area (Å²) >= 11 is 1.67. The van der Waals surface area contributed by atoms with Gasteiger partial charge in [-0.25, -0.2) is 4.98 Å². The summed E-state index contributed by atoms with van der Waals surface area (Å²) in [6, 6.07) is 8.73. The summed E-state index contributed by atoms with van der Waals surface area (Å²) in [5.74, 6) is 0.967. The number of rotatable bonds is 7. The lowest BCUT2D eigenvalue weighted by Gasteiger charge is -2.34. The number of anilines is 1. The molecule has 1 aromatic heterocycles. The zero-order valence-corrected chi connectivity index (χ0v) is 18.2. The maximum absolute atomic E-state index is 12.7. The predicted octanol–water partition coefficient (Wildman–Crippen LogP) is 3.90. The van der Waals surface area contributed by atoms with Crippen molar-refractivity contribution >= 4 is 22.4 Å². The molecule has 28 heavy (non-hydrogen) atoms. The van der Waals surface area contributed by atoms with E-state index in [0.717, 1.165) is 31.3 Å². The third-order valence-corrected chi connectivity index (χ3v) is 6.21. The second-order valence-electron chi connectivity index (χ2n) is 8.19. The molecule has 1 fully saturated rings.